The quantitative estimate of drug-likeness (QED) is 0.453. The molecule has 1 aromatic rings. The highest BCUT2D eigenvalue weighted by Gasteiger charge is 2.12. The molecule has 24 heavy (non-hydrogen) atoms. The van der Waals surface area contributed by atoms with E-state index in [9.17, 15) is 9.59 Å². The molecule has 1 rings (SSSR count). The van der Waals surface area contributed by atoms with Gasteiger partial charge in [-0.1, -0.05) is 17.7 Å². The van der Waals surface area contributed by atoms with Gasteiger partial charge in [0.25, 0.3) is 0 Å². The number of amides is 2. The minimum atomic E-state index is -0.645. The summed E-state index contributed by atoms with van der Waals surface area (Å²) in [5.41, 5.74) is 2.77. The van der Waals surface area contributed by atoms with Crippen molar-refractivity contribution in [1.82, 2.24) is 15.6 Å². The van der Waals surface area contributed by atoms with Crippen LogP contribution in [0.15, 0.2) is 47.4 Å². The number of nitrogens with one attached hydrogen (secondary N) is 2. The molecular weight excluding hydrogens is 306 g/mol. The lowest BCUT2D eigenvalue weighted by molar-refractivity contribution is -0.139. The molecule has 2 amide bonds. The van der Waals surface area contributed by atoms with Gasteiger partial charge in [-0.3, -0.25) is 14.6 Å². The molecular formula is C18H25N3O3. The highest BCUT2D eigenvalue weighted by atomic mass is 16.5. The smallest absolute Gasteiger partial charge is 0.309 e. The van der Waals surface area contributed by atoms with Gasteiger partial charge in [-0.15, -0.1) is 0 Å². The molecule has 0 aromatic carbocycles. The van der Waals surface area contributed by atoms with Crippen LogP contribution in [0.5, 0.6) is 0 Å². The van der Waals surface area contributed by atoms with E-state index in [1.54, 1.807) is 13.3 Å². The predicted octanol–water partition coefficient (Wildman–Crippen LogP) is 1.74. The molecule has 0 bridgehead atoms. The molecule has 0 atom stereocenters. The number of methoxy groups -OCH3 is 1. The minimum absolute atomic E-state index is 0.306. The van der Waals surface area contributed by atoms with E-state index in [0.29, 0.717) is 19.5 Å². The first-order chi connectivity index (χ1) is 11.4. The number of hydrogen-bond acceptors (Lipinski definition) is 4. The van der Waals surface area contributed by atoms with Gasteiger partial charge in [-0.25, -0.2) is 0 Å². The fraction of sp³-hybridized carbons (Fsp3) is 0.389. The summed E-state index contributed by atoms with van der Waals surface area (Å²) in [7, 11) is 1.61. The van der Waals surface area contributed by atoms with E-state index in [1.807, 2.05) is 45.0 Å². The van der Waals surface area contributed by atoms with Crippen molar-refractivity contribution in [3.63, 3.8) is 0 Å². The van der Waals surface area contributed by atoms with Crippen molar-refractivity contribution < 1.29 is 14.3 Å². The van der Waals surface area contributed by atoms with Crippen LogP contribution in [0.4, 0.5) is 0 Å². The van der Waals surface area contributed by atoms with Crippen LogP contribution >= 0.6 is 0 Å². The van der Waals surface area contributed by atoms with Crippen molar-refractivity contribution in [3.8, 4) is 0 Å². The lowest BCUT2D eigenvalue weighted by Crippen LogP contribution is -2.41. The molecule has 0 aliphatic heterocycles. The van der Waals surface area contributed by atoms with E-state index >= 15 is 0 Å². The lowest BCUT2D eigenvalue weighted by atomic mass is 10.1. The zero-order valence-electron chi connectivity index (χ0n) is 14.7. The molecule has 0 aliphatic carbocycles. The molecule has 0 unspecified atom stereocenters. The van der Waals surface area contributed by atoms with E-state index in [4.69, 9.17) is 4.74 Å². The van der Waals surface area contributed by atoms with Crippen LogP contribution in [0.2, 0.25) is 0 Å². The Hall–Kier alpha value is -2.63. The van der Waals surface area contributed by atoms with Crippen LogP contribution in [0, 0.1) is 0 Å². The molecule has 0 aliphatic rings. The van der Waals surface area contributed by atoms with Crippen molar-refractivity contribution >= 4 is 11.8 Å². The minimum Gasteiger partial charge on any atom is -0.501 e. The molecule has 0 saturated heterocycles. The summed E-state index contributed by atoms with van der Waals surface area (Å²) >= 11 is 0. The van der Waals surface area contributed by atoms with Crippen LogP contribution in [-0.4, -0.2) is 37.0 Å². The van der Waals surface area contributed by atoms with Crippen molar-refractivity contribution in [2.45, 2.75) is 27.2 Å². The van der Waals surface area contributed by atoms with Crippen molar-refractivity contribution in [2.75, 3.05) is 20.2 Å². The maximum atomic E-state index is 11.8. The summed E-state index contributed by atoms with van der Waals surface area (Å²) < 4.78 is 5.14. The molecule has 6 heteroatoms. The molecule has 0 spiro atoms. The molecule has 130 valence electrons. The monoisotopic (exact) mass is 331 g/mol. The van der Waals surface area contributed by atoms with E-state index in [1.165, 1.54) is 0 Å². The number of allylic oxidation sites excluding steroid dienone is 3. The second kappa shape index (κ2) is 10.2. The Kier molecular flexibility index (Phi) is 8.25. The van der Waals surface area contributed by atoms with Gasteiger partial charge in [0.2, 0.25) is 0 Å². The van der Waals surface area contributed by atoms with Crippen LogP contribution in [-0.2, 0) is 20.7 Å². The number of nitrogens with zero attached hydrogens (tertiary/aromatic N) is 1. The van der Waals surface area contributed by atoms with Crippen molar-refractivity contribution in [2.24, 2.45) is 0 Å². The predicted molar refractivity (Wildman–Crippen MR) is 93.1 cm³/mol. The Balaban J connectivity index is 2.36. The van der Waals surface area contributed by atoms with Crippen molar-refractivity contribution in [1.29, 1.82) is 0 Å². The Labute approximate surface area is 143 Å². The summed E-state index contributed by atoms with van der Waals surface area (Å²) in [4.78, 5) is 27.6. The van der Waals surface area contributed by atoms with E-state index in [2.05, 4.69) is 15.6 Å². The topological polar surface area (TPSA) is 80.3 Å². The zero-order chi connectivity index (χ0) is 17.9. The molecule has 6 nitrogen and oxygen atoms in total. The summed E-state index contributed by atoms with van der Waals surface area (Å²) in [6, 6.07) is 5.59. The third-order valence-electron chi connectivity index (χ3n) is 3.45. The number of hydrogen-bond donors (Lipinski definition) is 2. The van der Waals surface area contributed by atoms with Crippen LogP contribution in [0.3, 0.4) is 0 Å². The number of carbonyl (C=O) groups excluding carboxylic acids is 2. The van der Waals surface area contributed by atoms with Gasteiger partial charge >= 0.3 is 11.8 Å². The second-order valence-corrected chi connectivity index (χ2v) is 5.44. The maximum absolute atomic E-state index is 11.8. The number of pyridine rings is 1. The van der Waals surface area contributed by atoms with Gasteiger partial charge in [0, 0.05) is 31.4 Å². The first-order valence-corrected chi connectivity index (χ1v) is 7.78. The first kappa shape index (κ1) is 19.4. The SMILES string of the molecule is CO/C(C)=C(C)/C=C(\C)CNC(=O)C(=O)NCCc1ccccn1. The third-order valence-corrected chi connectivity index (χ3v) is 3.45. The third kappa shape index (κ3) is 7.09. The molecule has 0 radical (unpaired) electrons. The standard InChI is InChI=1S/C18H25N3O3/c1-13(11-14(2)15(3)24-4)12-21-18(23)17(22)20-10-8-16-7-5-6-9-19-16/h5-7,9,11H,8,10,12H2,1-4H3,(H,20,22)(H,21,23)/b13-11+,15-14+. The molecule has 0 fully saturated rings. The zero-order valence-corrected chi connectivity index (χ0v) is 14.7. The number of aromatic nitrogens is 1. The summed E-state index contributed by atoms with van der Waals surface area (Å²) in [6.07, 6.45) is 4.19. The largest absolute Gasteiger partial charge is 0.501 e. The van der Waals surface area contributed by atoms with Gasteiger partial charge in [-0.05, 0) is 38.5 Å². The van der Waals surface area contributed by atoms with Crippen molar-refractivity contribution in [3.05, 3.63) is 53.1 Å². The van der Waals surface area contributed by atoms with Gasteiger partial charge in [0.05, 0.1) is 12.9 Å². The molecule has 2 N–H and O–H groups in total. The van der Waals surface area contributed by atoms with E-state index < -0.39 is 11.8 Å². The second-order valence-electron chi connectivity index (χ2n) is 5.44. The first-order valence-electron chi connectivity index (χ1n) is 7.78. The molecule has 1 aromatic heterocycles. The van der Waals surface area contributed by atoms with Gasteiger partial charge < -0.3 is 15.4 Å². The summed E-state index contributed by atoms with van der Waals surface area (Å²) in [6.45, 7) is 6.35. The number of carbonyl (C=O) groups is 2. The van der Waals surface area contributed by atoms with E-state index in [0.717, 1.165) is 22.6 Å². The maximum Gasteiger partial charge on any atom is 0.309 e. The number of ether oxygens (including phenoxy) is 1. The van der Waals surface area contributed by atoms with Gasteiger partial charge in [0.15, 0.2) is 0 Å². The van der Waals surface area contributed by atoms with Crippen LogP contribution in [0.1, 0.15) is 26.5 Å². The van der Waals surface area contributed by atoms with Gasteiger partial charge in [0.1, 0.15) is 0 Å². The fourth-order valence-electron chi connectivity index (χ4n) is 1.91. The van der Waals surface area contributed by atoms with E-state index in [-0.39, 0.29) is 0 Å². The highest BCUT2D eigenvalue weighted by Crippen LogP contribution is 2.07. The van der Waals surface area contributed by atoms with Crippen LogP contribution < -0.4 is 10.6 Å². The lowest BCUT2D eigenvalue weighted by Gasteiger charge is -2.08. The fourth-order valence-corrected chi connectivity index (χ4v) is 1.91. The molecule has 1 heterocycles. The summed E-state index contributed by atoms with van der Waals surface area (Å²) in [5, 5.41) is 5.18. The average molecular weight is 331 g/mol. The Bertz CT molecular complexity index is 622. The number of rotatable bonds is 7. The Morgan fingerprint density at radius 1 is 1.17 bits per heavy atom. The highest BCUT2D eigenvalue weighted by molar-refractivity contribution is 6.35. The Morgan fingerprint density at radius 2 is 1.88 bits per heavy atom. The van der Waals surface area contributed by atoms with Crippen LogP contribution in [0.25, 0.3) is 0 Å². The average Bonchev–Trinajstić information content (AvgIpc) is 2.59. The summed E-state index contributed by atoms with van der Waals surface area (Å²) in [5.74, 6) is -0.471. The molecule has 0 saturated carbocycles. The normalized spacial score (nSPS) is 12.2. The Morgan fingerprint density at radius 3 is 2.50 bits per heavy atom. The van der Waals surface area contributed by atoms with Gasteiger partial charge in [-0.2, -0.15) is 0 Å².